The Morgan fingerprint density at radius 1 is 1.00 bits per heavy atom. The molecule has 2 aromatic heterocycles. The van der Waals surface area contributed by atoms with Crippen molar-refractivity contribution in [3.8, 4) is 0 Å². The van der Waals surface area contributed by atoms with Crippen molar-refractivity contribution in [2.45, 2.75) is 64.0 Å². The van der Waals surface area contributed by atoms with Gasteiger partial charge in [0, 0.05) is 44.2 Å². The number of piperidine rings is 1. The maximum atomic E-state index is 13.5. The lowest BCUT2D eigenvalue weighted by Crippen LogP contribution is -2.40. The molecule has 1 aliphatic heterocycles. The van der Waals surface area contributed by atoms with Crippen LogP contribution >= 0.6 is 23.2 Å². The number of carbonyl (C=O) groups is 1. The molecule has 1 aliphatic rings. The van der Waals surface area contributed by atoms with Crippen LogP contribution in [0.15, 0.2) is 89.5 Å². The summed E-state index contributed by atoms with van der Waals surface area (Å²) in [6.07, 6.45) is 4.65. The van der Waals surface area contributed by atoms with Gasteiger partial charge in [0.1, 0.15) is 5.76 Å². The minimum absolute atomic E-state index is 0.0190. The molecule has 1 N–H and O–H groups in total. The molecular formula is C39H45Cl2N5O2. The Balaban J connectivity index is 1.09. The molecule has 48 heavy (non-hydrogen) atoms. The van der Waals surface area contributed by atoms with Crippen LogP contribution in [-0.4, -0.2) is 64.5 Å². The van der Waals surface area contributed by atoms with Crippen LogP contribution in [0.5, 0.6) is 0 Å². The molecule has 1 saturated heterocycles. The van der Waals surface area contributed by atoms with E-state index >= 15 is 0 Å². The normalized spacial score (nSPS) is 15.1. The summed E-state index contributed by atoms with van der Waals surface area (Å²) in [5, 5.41) is 4.83. The van der Waals surface area contributed by atoms with Crippen LogP contribution in [0.25, 0.3) is 11.0 Å². The van der Waals surface area contributed by atoms with Crippen LogP contribution in [0.4, 0.5) is 5.95 Å². The van der Waals surface area contributed by atoms with Gasteiger partial charge in [-0.25, -0.2) is 4.98 Å². The van der Waals surface area contributed by atoms with Gasteiger partial charge in [0.25, 0.3) is 5.91 Å². The lowest BCUT2D eigenvalue weighted by molar-refractivity contribution is 0.0781. The van der Waals surface area contributed by atoms with Gasteiger partial charge in [0.15, 0.2) is 0 Å². The van der Waals surface area contributed by atoms with E-state index in [2.05, 4.69) is 59.8 Å². The predicted octanol–water partition coefficient (Wildman–Crippen LogP) is 9.10. The average molecular weight is 687 g/mol. The number of hydrogen-bond donors (Lipinski definition) is 1. The highest BCUT2D eigenvalue weighted by atomic mass is 35.5. The number of likely N-dealkylation sites (N-methyl/N-ethyl adjacent to an activating group) is 1. The third kappa shape index (κ3) is 8.08. The van der Waals surface area contributed by atoms with Gasteiger partial charge in [0.2, 0.25) is 5.95 Å². The first-order valence-corrected chi connectivity index (χ1v) is 17.6. The third-order valence-corrected chi connectivity index (χ3v) is 10.3. The first-order chi connectivity index (χ1) is 23.0. The molecule has 0 spiro atoms. The second-order valence-electron chi connectivity index (χ2n) is 14.0. The lowest BCUT2D eigenvalue weighted by Gasteiger charge is -2.34. The average Bonchev–Trinajstić information content (AvgIpc) is 3.72. The van der Waals surface area contributed by atoms with Crippen LogP contribution in [0, 0.1) is 0 Å². The van der Waals surface area contributed by atoms with Crippen LogP contribution in [-0.2, 0) is 12.0 Å². The summed E-state index contributed by atoms with van der Waals surface area (Å²) >= 11 is 12.8. The van der Waals surface area contributed by atoms with Crippen LogP contribution < -0.4 is 5.32 Å². The topological polar surface area (TPSA) is 66.5 Å². The van der Waals surface area contributed by atoms with E-state index in [9.17, 15) is 4.79 Å². The van der Waals surface area contributed by atoms with Crippen LogP contribution in [0.2, 0.25) is 10.0 Å². The number of imidazole rings is 1. The van der Waals surface area contributed by atoms with E-state index in [4.69, 9.17) is 32.6 Å². The number of likely N-dealkylation sites (tertiary alicyclic amines) is 1. The van der Waals surface area contributed by atoms with Crippen molar-refractivity contribution >= 4 is 46.1 Å². The maximum Gasteiger partial charge on any atom is 0.253 e. The molecule has 3 heterocycles. The molecule has 1 unspecified atom stereocenters. The highest BCUT2D eigenvalue weighted by molar-refractivity contribution is 6.42. The molecule has 7 nitrogen and oxygen atoms in total. The van der Waals surface area contributed by atoms with Crippen molar-refractivity contribution in [2.75, 3.05) is 38.5 Å². The van der Waals surface area contributed by atoms with Gasteiger partial charge in [-0.05, 0) is 90.9 Å². The molecule has 6 rings (SSSR count). The fraction of sp³-hybridized carbons (Fsp3) is 0.385. The molecule has 252 valence electrons. The largest absolute Gasteiger partial charge is 0.467 e. The Kier molecular flexibility index (Phi) is 10.5. The zero-order chi connectivity index (χ0) is 33.8. The van der Waals surface area contributed by atoms with Gasteiger partial charge >= 0.3 is 0 Å². The summed E-state index contributed by atoms with van der Waals surface area (Å²) in [6, 6.07) is 26.3. The molecule has 0 radical (unpaired) electrons. The summed E-state index contributed by atoms with van der Waals surface area (Å²) < 4.78 is 7.87. The number of nitrogens with one attached hydrogen (secondary N) is 1. The number of anilines is 1. The van der Waals surface area contributed by atoms with E-state index in [0.29, 0.717) is 34.7 Å². The fourth-order valence-corrected chi connectivity index (χ4v) is 6.91. The number of para-hydroxylation sites is 2. The third-order valence-electron chi connectivity index (χ3n) is 9.52. The number of aromatic nitrogens is 2. The number of nitrogens with zero attached hydrogens (tertiary/aromatic N) is 4. The number of benzene rings is 3. The molecule has 0 aliphatic carbocycles. The summed E-state index contributed by atoms with van der Waals surface area (Å²) in [7, 11) is 1.89. The number of fused-ring (bicyclic) bond motifs is 1. The molecule has 3 aromatic carbocycles. The summed E-state index contributed by atoms with van der Waals surface area (Å²) in [6.45, 7) is 10.6. The zero-order valence-corrected chi connectivity index (χ0v) is 29.8. The van der Waals surface area contributed by atoms with Crippen molar-refractivity contribution in [3.63, 3.8) is 0 Å². The van der Waals surface area contributed by atoms with Gasteiger partial charge < -0.3 is 24.1 Å². The fourth-order valence-electron chi connectivity index (χ4n) is 6.60. The number of hydrogen-bond acceptors (Lipinski definition) is 5. The van der Waals surface area contributed by atoms with Crippen LogP contribution in [0.3, 0.4) is 0 Å². The Labute approximate surface area is 293 Å². The van der Waals surface area contributed by atoms with Crippen molar-refractivity contribution in [3.05, 3.63) is 118 Å². The Bertz CT molecular complexity index is 1820. The standard InChI is InChI=1S/C39H45Cl2N5O2/c1-39(2,3)30-14-11-27(12-15-30)37(47)44(4)25-29(28-13-16-33(40)34(41)24-28)17-20-45-21-18-31(19-22-45)42-38-43-35-9-5-6-10-36(35)46(38)26-32-8-7-23-48-32/h5-16,23-24,29,31H,17-22,25-26H2,1-4H3,(H,42,43). The monoisotopic (exact) mass is 685 g/mol. The molecule has 0 bridgehead atoms. The molecule has 1 atom stereocenters. The number of halogens is 2. The first-order valence-electron chi connectivity index (χ1n) is 16.8. The molecule has 9 heteroatoms. The Morgan fingerprint density at radius 2 is 1.75 bits per heavy atom. The molecule has 1 amide bonds. The minimum Gasteiger partial charge on any atom is -0.467 e. The van der Waals surface area contributed by atoms with Gasteiger partial charge in [0.05, 0.1) is 33.9 Å². The summed E-state index contributed by atoms with van der Waals surface area (Å²) in [5.41, 5.74) is 5.11. The summed E-state index contributed by atoms with van der Waals surface area (Å²) in [4.78, 5) is 22.8. The van der Waals surface area contributed by atoms with Crippen molar-refractivity contribution in [1.82, 2.24) is 19.4 Å². The molecule has 0 saturated carbocycles. The molecule has 1 fully saturated rings. The number of amides is 1. The van der Waals surface area contributed by atoms with E-state index in [1.54, 1.807) is 6.26 Å². The van der Waals surface area contributed by atoms with Gasteiger partial charge in [-0.2, -0.15) is 0 Å². The van der Waals surface area contributed by atoms with E-state index in [-0.39, 0.29) is 17.2 Å². The number of furan rings is 1. The summed E-state index contributed by atoms with van der Waals surface area (Å²) in [5.74, 6) is 1.91. The number of rotatable bonds is 11. The van der Waals surface area contributed by atoms with E-state index in [1.807, 2.05) is 66.5 Å². The van der Waals surface area contributed by atoms with Crippen molar-refractivity contribution in [1.29, 1.82) is 0 Å². The quantitative estimate of drug-likeness (QED) is 0.150. The molecular weight excluding hydrogens is 641 g/mol. The second kappa shape index (κ2) is 14.8. The lowest BCUT2D eigenvalue weighted by atomic mass is 9.86. The molecule has 5 aromatic rings. The van der Waals surface area contributed by atoms with E-state index < -0.39 is 0 Å². The number of carbonyl (C=O) groups excluding carboxylic acids is 1. The maximum absolute atomic E-state index is 13.5. The Morgan fingerprint density at radius 3 is 2.44 bits per heavy atom. The van der Waals surface area contributed by atoms with E-state index in [0.717, 1.165) is 67.2 Å². The zero-order valence-electron chi connectivity index (χ0n) is 28.3. The predicted molar refractivity (Wildman–Crippen MR) is 197 cm³/mol. The van der Waals surface area contributed by atoms with Crippen molar-refractivity contribution < 1.29 is 9.21 Å². The second-order valence-corrected chi connectivity index (χ2v) is 14.8. The minimum atomic E-state index is 0.0190. The van der Waals surface area contributed by atoms with E-state index in [1.165, 1.54) is 5.56 Å². The van der Waals surface area contributed by atoms with Gasteiger partial charge in [-0.3, -0.25) is 4.79 Å². The van der Waals surface area contributed by atoms with Gasteiger partial charge in [-0.1, -0.05) is 74.3 Å². The highest BCUT2D eigenvalue weighted by Gasteiger charge is 2.25. The highest BCUT2D eigenvalue weighted by Crippen LogP contribution is 2.30. The van der Waals surface area contributed by atoms with Crippen molar-refractivity contribution in [2.24, 2.45) is 0 Å². The Hall–Kier alpha value is -3.78. The van der Waals surface area contributed by atoms with Gasteiger partial charge in [-0.15, -0.1) is 0 Å². The van der Waals surface area contributed by atoms with Crippen LogP contribution in [0.1, 0.15) is 73.2 Å². The first kappa shape index (κ1) is 34.1. The smallest absolute Gasteiger partial charge is 0.253 e. The SMILES string of the molecule is CN(CC(CCN1CCC(Nc2nc3ccccc3n2Cc2ccco2)CC1)c1ccc(Cl)c(Cl)c1)C(=O)c1ccc(C(C)(C)C)cc1.